The third kappa shape index (κ3) is 3.57. The molecule has 0 spiro atoms. The molecule has 4 rings (SSSR count). The van der Waals surface area contributed by atoms with E-state index in [-0.39, 0.29) is 0 Å². The van der Waals surface area contributed by atoms with Gasteiger partial charge < -0.3 is 9.47 Å². The molecule has 0 saturated carbocycles. The molecule has 0 N–H and O–H groups in total. The lowest BCUT2D eigenvalue weighted by atomic mass is 10.1. The van der Waals surface area contributed by atoms with Crippen LogP contribution in [0.4, 0.5) is 5.69 Å². The highest BCUT2D eigenvalue weighted by molar-refractivity contribution is 7.07. The van der Waals surface area contributed by atoms with Crippen molar-refractivity contribution in [3.63, 3.8) is 0 Å². The number of benzene rings is 3. The molecule has 0 unspecified atom stereocenters. The van der Waals surface area contributed by atoms with Gasteiger partial charge in [0.25, 0.3) is 0 Å². The van der Waals surface area contributed by atoms with E-state index in [4.69, 9.17) is 14.5 Å². The zero-order chi connectivity index (χ0) is 19.3. The van der Waals surface area contributed by atoms with Gasteiger partial charge in [-0.25, -0.2) is 4.99 Å². The minimum absolute atomic E-state index is 0.662. The summed E-state index contributed by atoms with van der Waals surface area (Å²) in [5, 5.41) is 2.14. The van der Waals surface area contributed by atoms with Gasteiger partial charge >= 0.3 is 0 Å². The van der Waals surface area contributed by atoms with Gasteiger partial charge in [0.15, 0.2) is 16.3 Å². The molecule has 1 heterocycles. The van der Waals surface area contributed by atoms with Crippen LogP contribution >= 0.6 is 11.3 Å². The van der Waals surface area contributed by atoms with Crippen molar-refractivity contribution in [2.45, 2.75) is 0 Å². The molecule has 0 aliphatic rings. The molecule has 28 heavy (non-hydrogen) atoms. The number of nitrogens with zero attached hydrogens (tertiary/aromatic N) is 2. The van der Waals surface area contributed by atoms with Crippen molar-refractivity contribution in [3.05, 3.63) is 89.0 Å². The van der Waals surface area contributed by atoms with Crippen LogP contribution < -0.4 is 14.3 Å². The highest BCUT2D eigenvalue weighted by Gasteiger charge is 2.10. The molecule has 4 nitrogen and oxygen atoms in total. The van der Waals surface area contributed by atoms with Gasteiger partial charge in [-0.1, -0.05) is 48.5 Å². The summed E-state index contributed by atoms with van der Waals surface area (Å²) in [5.74, 6) is 1.35. The fourth-order valence-electron chi connectivity index (χ4n) is 3.03. The molecular formula is C23H20N2O2S. The van der Waals surface area contributed by atoms with Crippen molar-refractivity contribution in [1.29, 1.82) is 0 Å². The Bertz CT molecular complexity index is 1130. The van der Waals surface area contributed by atoms with Crippen molar-refractivity contribution < 1.29 is 9.47 Å². The van der Waals surface area contributed by atoms with E-state index in [1.54, 1.807) is 25.6 Å². The number of hydrogen-bond acceptors (Lipinski definition) is 4. The number of hydrogen-bond donors (Lipinski definition) is 0. The predicted molar refractivity (Wildman–Crippen MR) is 114 cm³/mol. The lowest BCUT2D eigenvalue weighted by molar-refractivity contribution is 0.355. The first kappa shape index (κ1) is 18.1. The molecule has 0 bridgehead atoms. The Labute approximate surface area is 168 Å². The van der Waals surface area contributed by atoms with Crippen molar-refractivity contribution in [2.75, 3.05) is 14.2 Å². The van der Waals surface area contributed by atoms with E-state index < -0.39 is 0 Å². The van der Waals surface area contributed by atoms with E-state index in [1.165, 1.54) is 0 Å². The van der Waals surface area contributed by atoms with Crippen LogP contribution in [0.5, 0.6) is 11.5 Å². The van der Waals surface area contributed by atoms with Gasteiger partial charge in [0.2, 0.25) is 0 Å². The number of aromatic nitrogens is 1. The maximum Gasteiger partial charge on any atom is 0.195 e. The van der Waals surface area contributed by atoms with Crippen LogP contribution in [0.15, 0.2) is 89.2 Å². The summed E-state index contributed by atoms with van der Waals surface area (Å²) < 4.78 is 12.9. The van der Waals surface area contributed by atoms with Gasteiger partial charge in [-0.2, -0.15) is 0 Å². The molecule has 0 saturated heterocycles. The van der Waals surface area contributed by atoms with E-state index in [2.05, 4.69) is 34.2 Å². The molecule has 0 radical (unpaired) electrons. The van der Waals surface area contributed by atoms with Gasteiger partial charge in [0.05, 0.1) is 25.6 Å². The van der Waals surface area contributed by atoms with Crippen molar-refractivity contribution in [2.24, 2.45) is 4.99 Å². The van der Waals surface area contributed by atoms with E-state index in [0.717, 1.165) is 27.4 Å². The molecule has 0 amide bonds. The van der Waals surface area contributed by atoms with Crippen molar-refractivity contribution >= 4 is 17.0 Å². The highest BCUT2D eigenvalue weighted by atomic mass is 32.1. The summed E-state index contributed by atoms with van der Waals surface area (Å²) in [6.07, 6.45) is 0. The van der Waals surface area contributed by atoms with Gasteiger partial charge in [-0.05, 0) is 29.8 Å². The van der Waals surface area contributed by atoms with Crippen LogP contribution in [0.3, 0.4) is 0 Å². The topological polar surface area (TPSA) is 35.8 Å². The maximum absolute atomic E-state index is 5.42. The summed E-state index contributed by atoms with van der Waals surface area (Å²) in [6.45, 7) is 0. The third-order valence-corrected chi connectivity index (χ3v) is 5.21. The largest absolute Gasteiger partial charge is 0.493 e. The average Bonchev–Trinajstić information content (AvgIpc) is 3.18. The Kier molecular flexibility index (Phi) is 5.26. The fourth-order valence-corrected chi connectivity index (χ4v) is 3.96. The Morgan fingerprint density at radius 1 is 0.786 bits per heavy atom. The third-order valence-electron chi connectivity index (χ3n) is 4.38. The van der Waals surface area contributed by atoms with Gasteiger partial charge in [-0.15, -0.1) is 11.3 Å². The zero-order valence-corrected chi connectivity index (χ0v) is 16.5. The lowest BCUT2D eigenvalue weighted by Crippen LogP contribution is -2.13. The van der Waals surface area contributed by atoms with Crippen LogP contribution in [-0.2, 0) is 0 Å². The summed E-state index contributed by atoms with van der Waals surface area (Å²) >= 11 is 1.61. The summed E-state index contributed by atoms with van der Waals surface area (Å²) in [5.41, 5.74) is 4.14. The number of thiazole rings is 1. The molecule has 3 aromatic carbocycles. The van der Waals surface area contributed by atoms with Gasteiger partial charge in [0, 0.05) is 17.1 Å². The van der Waals surface area contributed by atoms with Crippen LogP contribution in [0.1, 0.15) is 0 Å². The van der Waals surface area contributed by atoms with E-state index in [1.807, 2.05) is 54.6 Å². The molecule has 0 atom stereocenters. The second-order valence-corrected chi connectivity index (χ2v) is 6.93. The standard InChI is InChI=1S/C23H20N2O2S/c1-26-21-14-13-18(15-22(21)27-2)24-23-25(19-11-7-4-8-12-19)20(16-28-23)17-9-5-3-6-10-17/h3-16H,1-2H3. The summed E-state index contributed by atoms with van der Waals surface area (Å²) in [6, 6.07) is 26.3. The molecule has 1 aromatic heterocycles. The molecule has 0 aliphatic carbocycles. The van der Waals surface area contributed by atoms with Crippen LogP contribution in [0, 0.1) is 0 Å². The van der Waals surface area contributed by atoms with E-state index in [9.17, 15) is 0 Å². The number of rotatable bonds is 5. The van der Waals surface area contributed by atoms with E-state index in [0.29, 0.717) is 11.5 Å². The smallest absolute Gasteiger partial charge is 0.195 e. The van der Waals surface area contributed by atoms with Crippen LogP contribution in [-0.4, -0.2) is 18.8 Å². The maximum atomic E-state index is 5.42. The average molecular weight is 388 g/mol. The van der Waals surface area contributed by atoms with Crippen molar-refractivity contribution in [3.8, 4) is 28.4 Å². The van der Waals surface area contributed by atoms with Gasteiger partial charge in [0.1, 0.15) is 0 Å². The van der Waals surface area contributed by atoms with Crippen LogP contribution in [0.2, 0.25) is 0 Å². The van der Waals surface area contributed by atoms with Gasteiger partial charge in [-0.3, -0.25) is 4.57 Å². The highest BCUT2D eigenvalue weighted by Crippen LogP contribution is 2.31. The Hall–Kier alpha value is -3.31. The molecule has 0 fully saturated rings. The Morgan fingerprint density at radius 2 is 1.46 bits per heavy atom. The quantitative estimate of drug-likeness (QED) is 0.455. The Morgan fingerprint density at radius 3 is 2.14 bits per heavy atom. The molecule has 140 valence electrons. The first-order chi connectivity index (χ1) is 13.8. The molecule has 0 aliphatic heterocycles. The molecular weight excluding hydrogens is 368 g/mol. The van der Waals surface area contributed by atoms with E-state index >= 15 is 0 Å². The van der Waals surface area contributed by atoms with Crippen LogP contribution in [0.25, 0.3) is 16.9 Å². The minimum Gasteiger partial charge on any atom is -0.493 e. The second kappa shape index (κ2) is 8.15. The molecule has 5 heteroatoms. The first-order valence-corrected chi connectivity index (χ1v) is 9.76. The first-order valence-electron chi connectivity index (χ1n) is 8.88. The number of ether oxygens (including phenoxy) is 2. The lowest BCUT2D eigenvalue weighted by Gasteiger charge is -2.10. The molecule has 4 aromatic rings. The minimum atomic E-state index is 0.662. The zero-order valence-electron chi connectivity index (χ0n) is 15.7. The predicted octanol–water partition coefficient (Wildman–Crippen LogP) is 5.46. The second-order valence-electron chi connectivity index (χ2n) is 6.09. The Balaban J connectivity index is 1.91. The number of methoxy groups -OCH3 is 2. The normalized spacial score (nSPS) is 11.4. The fraction of sp³-hybridized carbons (Fsp3) is 0.0870. The summed E-state index contributed by atoms with van der Waals surface area (Å²) in [7, 11) is 3.26. The monoisotopic (exact) mass is 388 g/mol. The van der Waals surface area contributed by atoms with Crippen molar-refractivity contribution in [1.82, 2.24) is 4.57 Å². The SMILES string of the molecule is COc1ccc(N=c2scc(-c3ccccc3)n2-c2ccccc2)cc1OC. The summed E-state index contributed by atoms with van der Waals surface area (Å²) in [4.78, 5) is 5.78. The number of para-hydroxylation sites is 1.